The number of halogens is 1. The molecule has 0 bridgehead atoms. The molecule has 3 N–H and O–H groups in total. The molecule has 0 aliphatic heterocycles. The molecule has 1 aliphatic carbocycles. The van der Waals surface area contributed by atoms with Crippen LogP contribution in [0.1, 0.15) is 19.3 Å². The molecule has 0 amide bonds. The highest BCUT2D eigenvalue weighted by atomic mass is 19.1. The Bertz CT molecular complexity index is 99.1. The van der Waals surface area contributed by atoms with Crippen LogP contribution >= 0.6 is 0 Å². The van der Waals surface area contributed by atoms with E-state index in [0.717, 1.165) is 0 Å². The standard InChI is InChI=1S/C6H12FNO/c7-4-1-2-5(8)6(9)3-4/h4-6,9H,1-3,8H2/t4?,5-,6?/m0/s1. The van der Waals surface area contributed by atoms with Crippen LogP contribution in [0.25, 0.3) is 0 Å². The predicted molar refractivity (Wildman–Crippen MR) is 32.7 cm³/mol. The lowest BCUT2D eigenvalue weighted by Gasteiger charge is -2.26. The maximum absolute atomic E-state index is 12.4. The molecule has 0 radical (unpaired) electrons. The van der Waals surface area contributed by atoms with Crippen molar-refractivity contribution in [2.45, 2.75) is 37.6 Å². The van der Waals surface area contributed by atoms with Crippen LogP contribution < -0.4 is 5.73 Å². The average molecular weight is 133 g/mol. The van der Waals surface area contributed by atoms with Gasteiger partial charge in [0.2, 0.25) is 0 Å². The van der Waals surface area contributed by atoms with E-state index in [-0.39, 0.29) is 12.5 Å². The van der Waals surface area contributed by atoms with Gasteiger partial charge in [-0.05, 0) is 12.8 Å². The summed E-state index contributed by atoms with van der Waals surface area (Å²) >= 11 is 0. The molecule has 0 spiro atoms. The fourth-order valence-electron chi connectivity index (χ4n) is 1.12. The van der Waals surface area contributed by atoms with Crippen molar-refractivity contribution in [3.05, 3.63) is 0 Å². The van der Waals surface area contributed by atoms with Crippen molar-refractivity contribution in [3.8, 4) is 0 Å². The van der Waals surface area contributed by atoms with E-state index in [4.69, 9.17) is 10.8 Å². The van der Waals surface area contributed by atoms with E-state index in [1.807, 2.05) is 0 Å². The Morgan fingerprint density at radius 1 is 1.44 bits per heavy atom. The topological polar surface area (TPSA) is 46.2 Å². The molecular weight excluding hydrogens is 121 g/mol. The summed E-state index contributed by atoms with van der Waals surface area (Å²) in [6, 6.07) is -0.197. The molecule has 1 rings (SSSR count). The average Bonchev–Trinajstić information content (AvgIpc) is 1.80. The van der Waals surface area contributed by atoms with Gasteiger partial charge >= 0.3 is 0 Å². The van der Waals surface area contributed by atoms with Crippen LogP contribution in [0, 0.1) is 0 Å². The van der Waals surface area contributed by atoms with E-state index >= 15 is 0 Å². The molecule has 0 aromatic carbocycles. The number of aliphatic hydroxyl groups excluding tert-OH is 1. The van der Waals surface area contributed by atoms with Crippen LogP contribution in [0.15, 0.2) is 0 Å². The number of aliphatic hydroxyl groups is 1. The Morgan fingerprint density at radius 2 is 2.11 bits per heavy atom. The summed E-state index contributed by atoms with van der Waals surface area (Å²) in [4.78, 5) is 0. The minimum absolute atomic E-state index is 0.197. The molecule has 0 heterocycles. The van der Waals surface area contributed by atoms with Gasteiger partial charge in [0.05, 0.1) is 6.10 Å². The summed E-state index contributed by atoms with van der Waals surface area (Å²) < 4.78 is 12.4. The van der Waals surface area contributed by atoms with Gasteiger partial charge in [-0.25, -0.2) is 4.39 Å². The molecule has 0 aromatic heterocycles. The zero-order valence-electron chi connectivity index (χ0n) is 5.26. The van der Waals surface area contributed by atoms with Gasteiger partial charge in [0.15, 0.2) is 0 Å². The SMILES string of the molecule is N[C@H]1CCC(F)CC1O. The molecule has 3 atom stereocenters. The summed E-state index contributed by atoms with van der Waals surface area (Å²) in [5.41, 5.74) is 5.42. The minimum atomic E-state index is -0.834. The normalized spacial score (nSPS) is 45.0. The van der Waals surface area contributed by atoms with E-state index in [9.17, 15) is 4.39 Å². The fraction of sp³-hybridized carbons (Fsp3) is 1.00. The van der Waals surface area contributed by atoms with Crippen LogP contribution in [0.4, 0.5) is 4.39 Å². The fourth-order valence-corrected chi connectivity index (χ4v) is 1.12. The predicted octanol–water partition coefficient (Wildman–Crippen LogP) is 0.197. The minimum Gasteiger partial charge on any atom is -0.391 e. The molecule has 0 saturated heterocycles. The van der Waals surface area contributed by atoms with Gasteiger partial charge in [0.1, 0.15) is 6.17 Å². The summed E-state index contributed by atoms with van der Waals surface area (Å²) in [6.45, 7) is 0. The summed E-state index contributed by atoms with van der Waals surface area (Å²) in [6.07, 6.45) is -0.101. The molecular formula is C6H12FNO. The quantitative estimate of drug-likeness (QED) is 0.495. The van der Waals surface area contributed by atoms with Crippen molar-refractivity contribution in [2.75, 3.05) is 0 Å². The molecule has 1 saturated carbocycles. The molecule has 1 aliphatic rings. The smallest absolute Gasteiger partial charge is 0.103 e. The maximum atomic E-state index is 12.4. The monoisotopic (exact) mass is 133 g/mol. The molecule has 1 fully saturated rings. The molecule has 54 valence electrons. The Kier molecular flexibility index (Phi) is 2.03. The molecule has 2 nitrogen and oxygen atoms in total. The number of hydrogen-bond acceptors (Lipinski definition) is 2. The van der Waals surface area contributed by atoms with Crippen molar-refractivity contribution in [2.24, 2.45) is 5.73 Å². The van der Waals surface area contributed by atoms with Crippen molar-refractivity contribution < 1.29 is 9.50 Å². The van der Waals surface area contributed by atoms with Crippen molar-refractivity contribution >= 4 is 0 Å². The zero-order valence-corrected chi connectivity index (χ0v) is 5.26. The van der Waals surface area contributed by atoms with Crippen LogP contribution in [0.3, 0.4) is 0 Å². The Labute approximate surface area is 53.9 Å². The van der Waals surface area contributed by atoms with Gasteiger partial charge in [-0.2, -0.15) is 0 Å². The van der Waals surface area contributed by atoms with E-state index in [2.05, 4.69) is 0 Å². The molecule has 2 unspecified atom stereocenters. The zero-order chi connectivity index (χ0) is 6.85. The number of nitrogens with two attached hydrogens (primary N) is 1. The lowest BCUT2D eigenvalue weighted by Crippen LogP contribution is -2.40. The largest absolute Gasteiger partial charge is 0.391 e. The van der Waals surface area contributed by atoms with E-state index in [0.29, 0.717) is 12.8 Å². The lowest BCUT2D eigenvalue weighted by atomic mass is 9.92. The summed E-state index contributed by atoms with van der Waals surface area (Å²) in [7, 11) is 0. The first kappa shape index (κ1) is 6.96. The number of hydrogen-bond donors (Lipinski definition) is 2. The van der Waals surface area contributed by atoms with Gasteiger partial charge in [-0.1, -0.05) is 0 Å². The van der Waals surface area contributed by atoms with Gasteiger partial charge in [-0.15, -0.1) is 0 Å². The van der Waals surface area contributed by atoms with Crippen molar-refractivity contribution in [3.63, 3.8) is 0 Å². The summed E-state index contributed by atoms with van der Waals surface area (Å²) in [5.74, 6) is 0. The van der Waals surface area contributed by atoms with E-state index in [1.165, 1.54) is 0 Å². The van der Waals surface area contributed by atoms with Crippen LogP contribution in [-0.4, -0.2) is 23.4 Å². The first-order valence-corrected chi connectivity index (χ1v) is 3.28. The van der Waals surface area contributed by atoms with Crippen LogP contribution in [-0.2, 0) is 0 Å². The highest BCUT2D eigenvalue weighted by molar-refractivity contribution is 4.81. The molecule has 9 heavy (non-hydrogen) atoms. The van der Waals surface area contributed by atoms with Crippen molar-refractivity contribution in [1.82, 2.24) is 0 Å². The van der Waals surface area contributed by atoms with Gasteiger partial charge in [0.25, 0.3) is 0 Å². The van der Waals surface area contributed by atoms with Gasteiger partial charge in [-0.3, -0.25) is 0 Å². The number of rotatable bonds is 0. The maximum Gasteiger partial charge on any atom is 0.103 e. The Hall–Kier alpha value is -0.150. The van der Waals surface area contributed by atoms with E-state index in [1.54, 1.807) is 0 Å². The third-order valence-corrected chi connectivity index (χ3v) is 1.80. The van der Waals surface area contributed by atoms with Gasteiger partial charge in [0, 0.05) is 12.5 Å². The third-order valence-electron chi connectivity index (χ3n) is 1.80. The van der Waals surface area contributed by atoms with Crippen LogP contribution in [0.2, 0.25) is 0 Å². The highest BCUT2D eigenvalue weighted by Gasteiger charge is 2.25. The Morgan fingerprint density at radius 3 is 2.56 bits per heavy atom. The number of alkyl halides is 1. The second kappa shape index (κ2) is 2.62. The first-order valence-electron chi connectivity index (χ1n) is 3.28. The molecule has 3 heteroatoms. The Balaban J connectivity index is 2.35. The summed E-state index contributed by atoms with van der Waals surface area (Å²) in [5, 5.41) is 8.98. The van der Waals surface area contributed by atoms with Crippen LogP contribution in [0.5, 0.6) is 0 Å². The lowest BCUT2D eigenvalue weighted by molar-refractivity contribution is 0.0659. The molecule has 0 aromatic rings. The highest BCUT2D eigenvalue weighted by Crippen LogP contribution is 2.19. The first-order chi connectivity index (χ1) is 4.20. The van der Waals surface area contributed by atoms with Crippen molar-refractivity contribution in [1.29, 1.82) is 0 Å². The third kappa shape index (κ3) is 1.63. The second-order valence-electron chi connectivity index (χ2n) is 2.64. The second-order valence-corrected chi connectivity index (χ2v) is 2.64. The van der Waals surface area contributed by atoms with Gasteiger partial charge < -0.3 is 10.8 Å². The van der Waals surface area contributed by atoms with E-state index < -0.39 is 12.3 Å².